The van der Waals surface area contributed by atoms with Crippen LogP contribution in [0.15, 0.2) is 22.9 Å². The van der Waals surface area contributed by atoms with Crippen molar-refractivity contribution in [2.45, 2.75) is 13.3 Å². The van der Waals surface area contributed by atoms with Crippen LogP contribution in [-0.4, -0.2) is 15.7 Å². The van der Waals surface area contributed by atoms with E-state index in [1.807, 2.05) is 29.7 Å². The van der Waals surface area contributed by atoms with Crippen molar-refractivity contribution in [3.05, 3.63) is 34.3 Å². The Hall–Kier alpha value is -1.16. The van der Waals surface area contributed by atoms with Gasteiger partial charge >= 0.3 is 0 Å². The third-order valence-corrected chi connectivity index (χ3v) is 2.68. The Morgan fingerprint density at radius 3 is 3.14 bits per heavy atom. The molecule has 0 fully saturated rings. The quantitative estimate of drug-likeness (QED) is 0.768. The Kier molecular flexibility index (Phi) is 2.37. The lowest BCUT2D eigenvalue weighted by molar-refractivity contribution is -0.107. The second-order valence-corrected chi connectivity index (χ2v) is 3.90. The fourth-order valence-electron chi connectivity index (χ4n) is 1.43. The topological polar surface area (TPSA) is 34.4 Å². The van der Waals surface area contributed by atoms with Crippen LogP contribution in [0.25, 0.3) is 5.52 Å². The van der Waals surface area contributed by atoms with E-state index in [9.17, 15) is 4.79 Å². The van der Waals surface area contributed by atoms with Gasteiger partial charge in [0.1, 0.15) is 16.7 Å². The number of aryl methyl sites for hydroxylation is 1. The zero-order valence-corrected chi connectivity index (χ0v) is 9.28. The van der Waals surface area contributed by atoms with Crippen LogP contribution >= 0.6 is 15.9 Å². The van der Waals surface area contributed by atoms with Crippen molar-refractivity contribution < 1.29 is 4.79 Å². The number of nitrogens with zero attached hydrogens (tertiary/aromatic N) is 2. The molecule has 2 heterocycles. The van der Waals surface area contributed by atoms with Crippen molar-refractivity contribution in [1.29, 1.82) is 0 Å². The molecule has 0 aliphatic rings. The van der Waals surface area contributed by atoms with E-state index in [-0.39, 0.29) is 0 Å². The van der Waals surface area contributed by atoms with Gasteiger partial charge in [-0.1, -0.05) is 0 Å². The fourth-order valence-corrected chi connectivity index (χ4v) is 1.94. The summed E-state index contributed by atoms with van der Waals surface area (Å²) in [6.07, 6.45) is 3.14. The highest BCUT2D eigenvalue weighted by Crippen LogP contribution is 2.19. The van der Waals surface area contributed by atoms with Crippen LogP contribution in [0.5, 0.6) is 0 Å². The van der Waals surface area contributed by atoms with Crippen molar-refractivity contribution in [1.82, 2.24) is 9.38 Å². The molecule has 0 saturated heterocycles. The highest BCUT2D eigenvalue weighted by atomic mass is 79.9. The number of halogens is 1. The van der Waals surface area contributed by atoms with Crippen molar-refractivity contribution in [3.63, 3.8) is 0 Å². The number of carbonyl (C=O) groups is 1. The van der Waals surface area contributed by atoms with Gasteiger partial charge < -0.3 is 9.20 Å². The highest BCUT2D eigenvalue weighted by molar-refractivity contribution is 9.10. The number of aromatic nitrogens is 2. The number of fused-ring (bicyclic) bond motifs is 1. The predicted molar refractivity (Wildman–Crippen MR) is 57.4 cm³/mol. The lowest BCUT2D eigenvalue weighted by Gasteiger charge is -1.98. The average molecular weight is 253 g/mol. The number of imidazole rings is 1. The maximum Gasteiger partial charge on any atom is 0.132 e. The lowest BCUT2D eigenvalue weighted by atomic mass is 10.3. The van der Waals surface area contributed by atoms with E-state index in [0.717, 1.165) is 22.2 Å². The van der Waals surface area contributed by atoms with Gasteiger partial charge in [-0.3, -0.25) is 0 Å². The second kappa shape index (κ2) is 3.53. The van der Waals surface area contributed by atoms with Gasteiger partial charge in [0.2, 0.25) is 0 Å². The second-order valence-electron chi connectivity index (χ2n) is 3.15. The van der Waals surface area contributed by atoms with Crippen molar-refractivity contribution >= 4 is 27.7 Å². The van der Waals surface area contributed by atoms with Gasteiger partial charge in [-0.2, -0.15) is 0 Å². The molecule has 2 rings (SSSR count). The summed E-state index contributed by atoms with van der Waals surface area (Å²) in [5.74, 6) is 0.766. The molecule has 0 bridgehead atoms. The van der Waals surface area contributed by atoms with E-state index in [2.05, 4.69) is 20.9 Å². The van der Waals surface area contributed by atoms with E-state index in [0.29, 0.717) is 6.42 Å². The smallest absolute Gasteiger partial charge is 0.132 e. The molecule has 0 aromatic carbocycles. The first-order valence-corrected chi connectivity index (χ1v) is 5.08. The Balaban J connectivity index is 2.70. The summed E-state index contributed by atoms with van der Waals surface area (Å²) in [7, 11) is 0. The normalized spacial score (nSPS) is 10.7. The highest BCUT2D eigenvalue weighted by Gasteiger charge is 2.07. The van der Waals surface area contributed by atoms with E-state index in [4.69, 9.17) is 0 Å². The number of carbonyl (C=O) groups excluding carboxylic acids is 1. The first-order valence-electron chi connectivity index (χ1n) is 4.29. The minimum atomic E-state index is 0.343. The summed E-state index contributed by atoms with van der Waals surface area (Å²) in [4.78, 5) is 14.7. The number of pyridine rings is 1. The minimum absolute atomic E-state index is 0.343. The molecule has 0 spiro atoms. The minimum Gasteiger partial charge on any atom is -0.303 e. The Bertz CT molecular complexity index is 490. The number of hydrogen-bond donors (Lipinski definition) is 0. The van der Waals surface area contributed by atoms with Crippen LogP contribution in [0.3, 0.4) is 0 Å². The summed E-state index contributed by atoms with van der Waals surface area (Å²) in [5, 5.41) is 0. The van der Waals surface area contributed by atoms with E-state index in [1.165, 1.54) is 5.56 Å². The number of hydrogen-bond acceptors (Lipinski definition) is 2. The molecule has 0 aliphatic carbocycles. The summed E-state index contributed by atoms with van der Waals surface area (Å²) in [6, 6.07) is 4.03. The maximum absolute atomic E-state index is 10.4. The summed E-state index contributed by atoms with van der Waals surface area (Å²) in [6.45, 7) is 2.03. The molecule has 2 aromatic heterocycles. The lowest BCUT2D eigenvalue weighted by Crippen LogP contribution is -1.95. The molecule has 0 N–H and O–H groups in total. The standard InChI is InChI=1S/C10H9BrN2O/c1-7-2-4-13-8(6-7)10(11)12-9(13)3-5-14/h2,4-6H,3H2,1H3. The molecule has 0 unspecified atom stereocenters. The molecule has 0 aliphatic heterocycles. The van der Waals surface area contributed by atoms with Crippen molar-refractivity contribution in [2.75, 3.05) is 0 Å². The van der Waals surface area contributed by atoms with Gasteiger partial charge in [-0.25, -0.2) is 4.98 Å². The zero-order valence-electron chi connectivity index (χ0n) is 7.70. The van der Waals surface area contributed by atoms with Crippen molar-refractivity contribution in [2.24, 2.45) is 0 Å². The predicted octanol–water partition coefficient (Wildman–Crippen LogP) is 2.15. The molecule has 0 saturated carbocycles. The SMILES string of the molecule is Cc1ccn2c(CC=O)nc(Br)c2c1. The molecule has 0 radical (unpaired) electrons. The van der Waals surface area contributed by atoms with Gasteiger partial charge in [0, 0.05) is 6.20 Å². The molecule has 0 atom stereocenters. The Labute approximate surface area is 89.9 Å². The summed E-state index contributed by atoms with van der Waals surface area (Å²) < 4.78 is 2.71. The first kappa shape index (κ1) is 9.40. The van der Waals surface area contributed by atoms with Crippen LogP contribution in [-0.2, 0) is 11.2 Å². The van der Waals surface area contributed by atoms with Crippen LogP contribution in [0.2, 0.25) is 0 Å². The zero-order chi connectivity index (χ0) is 10.1. The summed E-state index contributed by atoms with van der Waals surface area (Å²) in [5.41, 5.74) is 2.18. The van der Waals surface area contributed by atoms with Crippen LogP contribution in [0, 0.1) is 6.92 Å². The van der Waals surface area contributed by atoms with Gasteiger partial charge in [0.25, 0.3) is 0 Å². The molecule has 4 heteroatoms. The van der Waals surface area contributed by atoms with Crippen LogP contribution < -0.4 is 0 Å². The number of aldehydes is 1. The molecule has 72 valence electrons. The van der Waals surface area contributed by atoms with Gasteiger partial charge in [0.05, 0.1) is 11.9 Å². The first-order chi connectivity index (χ1) is 6.72. The van der Waals surface area contributed by atoms with Gasteiger partial charge in [0.15, 0.2) is 0 Å². The Morgan fingerprint density at radius 2 is 2.43 bits per heavy atom. The molecule has 14 heavy (non-hydrogen) atoms. The van der Waals surface area contributed by atoms with E-state index >= 15 is 0 Å². The molecule has 0 amide bonds. The maximum atomic E-state index is 10.4. The molecule has 2 aromatic rings. The van der Waals surface area contributed by atoms with E-state index in [1.54, 1.807) is 0 Å². The average Bonchev–Trinajstić information content (AvgIpc) is 2.44. The van der Waals surface area contributed by atoms with Crippen LogP contribution in [0.4, 0.5) is 0 Å². The summed E-state index contributed by atoms with van der Waals surface area (Å²) >= 11 is 3.37. The Morgan fingerprint density at radius 1 is 1.64 bits per heavy atom. The van der Waals surface area contributed by atoms with E-state index < -0.39 is 0 Å². The van der Waals surface area contributed by atoms with Gasteiger partial charge in [-0.15, -0.1) is 0 Å². The van der Waals surface area contributed by atoms with Gasteiger partial charge in [-0.05, 0) is 40.5 Å². The van der Waals surface area contributed by atoms with Crippen LogP contribution in [0.1, 0.15) is 11.4 Å². The molecular weight excluding hydrogens is 244 g/mol. The van der Waals surface area contributed by atoms with Crippen molar-refractivity contribution in [3.8, 4) is 0 Å². The third-order valence-electron chi connectivity index (χ3n) is 2.09. The fraction of sp³-hybridized carbons (Fsp3) is 0.200. The monoisotopic (exact) mass is 252 g/mol. The molecule has 3 nitrogen and oxygen atoms in total. The number of rotatable bonds is 2. The third kappa shape index (κ3) is 1.46. The largest absolute Gasteiger partial charge is 0.303 e. The molecular formula is C10H9BrN2O.